The largest absolute Gasteiger partial charge is 0.493 e. The second-order valence-corrected chi connectivity index (χ2v) is 4.88. The van der Waals surface area contributed by atoms with Gasteiger partial charge in [-0.2, -0.15) is 0 Å². The van der Waals surface area contributed by atoms with Gasteiger partial charge in [-0.05, 0) is 23.1 Å². The van der Waals surface area contributed by atoms with Gasteiger partial charge in [0, 0.05) is 46.9 Å². The van der Waals surface area contributed by atoms with Gasteiger partial charge in [0.1, 0.15) is 5.75 Å². The molecule has 0 spiro atoms. The molecule has 1 aliphatic heterocycles. The molecule has 0 N–H and O–H groups in total. The minimum Gasteiger partial charge on any atom is -0.493 e. The fraction of sp³-hybridized carbons (Fsp3) is 0.350. The molecule has 0 fully saturated rings. The van der Waals surface area contributed by atoms with Gasteiger partial charge in [-0.3, -0.25) is 0 Å². The van der Waals surface area contributed by atoms with Crippen molar-refractivity contribution in [1.29, 1.82) is 0 Å². The van der Waals surface area contributed by atoms with Gasteiger partial charge in [0.15, 0.2) is 0 Å². The van der Waals surface area contributed by atoms with E-state index < -0.39 is 0 Å². The van der Waals surface area contributed by atoms with E-state index in [4.69, 9.17) is 4.74 Å². The van der Waals surface area contributed by atoms with Crippen LogP contribution in [0.2, 0.25) is 0 Å². The summed E-state index contributed by atoms with van der Waals surface area (Å²) in [5, 5.41) is 0. The van der Waals surface area contributed by atoms with Crippen LogP contribution in [0.1, 0.15) is 36.8 Å². The number of hydrogen-bond acceptors (Lipinski definition) is 2. The molecule has 23 heavy (non-hydrogen) atoms. The normalized spacial score (nSPS) is 17.8. The summed E-state index contributed by atoms with van der Waals surface area (Å²) in [5.74, 6) is 1.60. The fourth-order valence-corrected chi connectivity index (χ4v) is 2.46. The Morgan fingerprint density at radius 3 is 2.09 bits per heavy atom. The van der Waals surface area contributed by atoms with Gasteiger partial charge in [-0.1, -0.05) is 62.4 Å². The predicted molar refractivity (Wildman–Crippen MR) is 93.5 cm³/mol. The fourth-order valence-electron chi connectivity index (χ4n) is 2.46. The molecule has 1 aliphatic rings. The number of methoxy groups -OCH3 is 1. The Balaban J connectivity index is 0.000000729. The molecule has 0 aromatic heterocycles. The molecular formula is C20H27O2Y-. The number of benzene rings is 2. The number of fused-ring (bicyclic) bond motifs is 1. The first kappa shape index (κ1) is 22.3. The quantitative estimate of drug-likeness (QED) is 0.636. The Bertz CT molecular complexity index is 528. The molecule has 2 atom stereocenters. The maximum Gasteiger partial charge on any atom is 0.120 e. The number of hydrogen-bond donors (Lipinski definition) is 0. The third-order valence-corrected chi connectivity index (χ3v) is 3.45. The molecular weight excluding hydrogens is 361 g/mol. The minimum absolute atomic E-state index is 0. The van der Waals surface area contributed by atoms with Crippen molar-refractivity contribution in [2.24, 2.45) is 0 Å². The van der Waals surface area contributed by atoms with Crippen molar-refractivity contribution in [3.05, 3.63) is 72.6 Å². The summed E-state index contributed by atoms with van der Waals surface area (Å²) in [7, 11) is 3.25. The van der Waals surface area contributed by atoms with E-state index in [2.05, 4.69) is 42.0 Å². The van der Waals surface area contributed by atoms with E-state index in [1.54, 1.807) is 14.2 Å². The maximum atomic E-state index is 5.82. The van der Waals surface area contributed by atoms with Gasteiger partial charge >= 0.3 is 0 Å². The zero-order valence-corrected chi connectivity index (χ0v) is 17.5. The van der Waals surface area contributed by atoms with Gasteiger partial charge in [0.25, 0.3) is 0 Å². The molecule has 2 unspecified atom stereocenters. The van der Waals surface area contributed by atoms with Crippen LogP contribution in [0.5, 0.6) is 5.75 Å². The number of ether oxygens (including phenoxy) is 2. The monoisotopic (exact) mass is 388 g/mol. The number of rotatable bonds is 1. The summed E-state index contributed by atoms with van der Waals surface area (Å²) < 4.78 is 10.1. The summed E-state index contributed by atoms with van der Waals surface area (Å²) in [4.78, 5) is 0. The Morgan fingerprint density at radius 2 is 1.48 bits per heavy atom. The van der Waals surface area contributed by atoms with Gasteiger partial charge in [-0.25, -0.2) is 0 Å². The maximum absolute atomic E-state index is 5.82. The first-order chi connectivity index (χ1) is 10.8. The molecule has 0 bridgehead atoms. The summed E-state index contributed by atoms with van der Waals surface area (Å²) in [5.41, 5.74) is 2.52. The molecule has 2 nitrogen and oxygen atoms in total. The van der Waals surface area contributed by atoms with Crippen LogP contribution in [-0.4, -0.2) is 20.8 Å². The van der Waals surface area contributed by atoms with E-state index in [9.17, 15) is 0 Å². The Labute approximate surface area is 166 Å². The Kier molecular flexibility index (Phi) is 12.3. The van der Waals surface area contributed by atoms with Crippen LogP contribution in [0.15, 0.2) is 54.6 Å². The van der Waals surface area contributed by atoms with E-state index in [0.29, 0.717) is 5.92 Å². The van der Waals surface area contributed by atoms with E-state index in [0.717, 1.165) is 12.4 Å². The van der Waals surface area contributed by atoms with E-state index in [-0.39, 0.29) is 38.6 Å². The van der Waals surface area contributed by atoms with Crippen molar-refractivity contribution in [3.63, 3.8) is 0 Å². The van der Waals surface area contributed by atoms with Crippen molar-refractivity contribution in [2.75, 3.05) is 20.8 Å². The Morgan fingerprint density at radius 1 is 0.957 bits per heavy atom. The molecule has 123 valence electrons. The summed E-state index contributed by atoms with van der Waals surface area (Å²) >= 11 is 0. The van der Waals surface area contributed by atoms with Crippen LogP contribution >= 0.6 is 0 Å². The average Bonchev–Trinajstić information content (AvgIpc) is 2.59. The standard InChI is InChI=1S/C16H15O.C2H6O.C2H6.Y/c1-12-14-9-5-6-10-16(14)17-11-15(12)13-7-3-2-4-8-13;1-3-2;1-2;/h2-10,12,15H,1,11H2;1-2H3;1-2H3;/q-1;;;. The van der Waals surface area contributed by atoms with Crippen molar-refractivity contribution >= 4 is 0 Å². The van der Waals surface area contributed by atoms with Crippen molar-refractivity contribution in [1.82, 2.24) is 0 Å². The van der Waals surface area contributed by atoms with Crippen LogP contribution in [0.4, 0.5) is 0 Å². The van der Waals surface area contributed by atoms with Crippen molar-refractivity contribution in [3.8, 4) is 5.75 Å². The molecule has 1 radical (unpaired) electrons. The molecule has 3 rings (SSSR count). The van der Waals surface area contributed by atoms with Gasteiger partial charge in [0.05, 0.1) is 6.61 Å². The minimum atomic E-state index is 0. The first-order valence-corrected chi connectivity index (χ1v) is 7.77. The zero-order valence-electron chi connectivity index (χ0n) is 14.7. The average molecular weight is 388 g/mol. The number of para-hydroxylation sites is 1. The van der Waals surface area contributed by atoms with Gasteiger partial charge in [0.2, 0.25) is 0 Å². The molecule has 2 aromatic rings. The predicted octanol–water partition coefficient (Wildman–Crippen LogP) is 5.07. The van der Waals surface area contributed by atoms with Crippen LogP contribution in [0.25, 0.3) is 0 Å². The summed E-state index contributed by atoms with van der Waals surface area (Å²) in [6.45, 7) is 9.03. The molecule has 0 saturated heterocycles. The molecule has 0 saturated carbocycles. The summed E-state index contributed by atoms with van der Waals surface area (Å²) in [6, 6.07) is 18.7. The summed E-state index contributed by atoms with van der Waals surface area (Å²) in [6.07, 6.45) is 0. The van der Waals surface area contributed by atoms with Crippen LogP contribution in [-0.2, 0) is 37.4 Å². The molecule has 2 aromatic carbocycles. The third-order valence-electron chi connectivity index (χ3n) is 3.45. The molecule has 0 aliphatic carbocycles. The van der Waals surface area contributed by atoms with E-state index >= 15 is 0 Å². The van der Waals surface area contributed by atoms with Gasteiger partial charge in [-0.15, -0.1) is 5.92 Å². The molecule has 1 heterocycles. The molecule has 3 heteroatoms. The van der Waals surface area contributed by atoms with E-state index in [1.807, 2.05) is 38.1 Å². The van der Waals surface area contributed by atoms with Crippen LogP contribution < -0.4 is 4.74 Å². The Hall–Kier alpha value is -0.696. The van der Waals surface area contributed by atoms with Crippen molar-refractivity contribution < 1.29 is 42.2 Å². The SMILES string of the molecule is CC.COC.[CH2-]C1c2ccccc2OCC1c1ccccc1.[Y]. The topological polar surface area (TPSA) is 18.5 Å². The smallest absolute Gasteiger partial charge is 0.120 e. The van der Waals surface area contributed by atoms with Gasteiger partial charge < -0.3 is 16.4 Å². The third kappa shape index (κ3) is 6.37. The van der Waals surface area contributed by atoms with Crippen LogP contribution in [0.3, 0.4) is 0 Å². The first-order valence-electron chi connectivity index (χ1n) is 7.77. The van der Waals surface area contributed by atoms with Crippen LogP contribution in [0, 0.1) is 6.92 Å². The second kappa shape index (κ2) is 12.7. The van der Waals surface area contributed by atoms with Crippen molar-refractivity contribution in [2.45, 2.75) is 25.7 Å². The zero-order chi connectivity index (χ0) is 16.4. The molecule has 0 amide bonds. The van der Waals surface area contributed by atoms with E-state index in [1.165, 1.54) is 11.1 Å². The second-order valence-electron chi connectivity index (χ2n) is 4.88.